The Morgan fingerprint density at radius 1 is 1.17 bits per heavy atom. The number of fused-ring (bicyclic) bond motifs is 1. The zero-order chi connectivity index (χ0) is 21.0. The SMILES string of the molecule is CCCN(C(=O)Nc1cccc(C)c1)C(CC)c1nc2ccccc2c(=O)n1C. The number of hydrogen-bond donors (Lipinski definition) is 1. The number of amides is 2. The van der Waals surface area contributed by atoms with Gasteiger partial charge in [0.1, 0.15) is 5.82 Å². The summed E-state index contributed by atoms with van der Waals surface area (Å²) >= 11 is 0. The molecule has 0 aliphatic rings. The molecule has 29 heavy (non-hydrogen) atoms. The average molecular weight is 393 g/mol. The van der Waals surface area contributed by atoms with Crippen LogP contribution < -0.4 is 10.9 Å². The zero-order valence-corrected chi connectivity index (χ0v) is 17.5. The first kappa shape index (κ1) is 20.6. The maximum Gasteiger partial charge on any atom is 0.322 e. The lowest BCUT2D eigenvalue weighted by molar-refractivity contribution is 0.180. The molecule has 0 saturated heterocycles. The molecule has 1 heterocycles. The fourth-order valence-electron chi connectivity index (χ4n) is 3.63. The highest BCUT2D eigenvalue weighted by Crippen LogP contribution is 2.25. The molecule has 152 valence electrons. The van der Waals surface area contributed by atoms with Gasteiger partial charge in [-0.25, -0.2) is 9.78 Å². The van der Waals surface area contributed by atoms with Crippen molar-refractivity contribution in [2.45, 2.75) is 39.7 Å². The van der Waals surface area contributed by atoms with Crippen LogP contribution in [0.25, 0.3) is 10.9 Å². The van der Waals surface area contributed by atoms with Gasteiger partial charge in [-0.05, 0) is 49.6 Å². The molecule has 0 fully saturated rings. The van der Waals surface area contributed by atoms with E-state index in [2.05, 4.69) is 5.32 Å². The minimum atomic E-state index is -0.304. The van der Waals surface area contributed by atoms with E-state index in [0.29, 0.717) is 29.7 Å². The Kier molecular flexibility index (Phi) is 6.32. The number of aromatic nitrogens is 2. The largest absolute Gasteiger partial charge is 0.322 e. The fourth-order valence-corrected chi connectivity index (χ4v) is 3.63. The molecule has 1 aromatic heterocycles. The Bertz CT molecular complexity index is 1070. The minimum absolute atomic E-state index is 0.0976. The van der Waals surface area contributed by atoms with Crippen LogP contribution in [-0.2, 0) is 7.05 Å². The Hall–Kier alpha value is -3.15. The molecule has 2 aromatic carbocycles. The summed E-state index contributed by atoms with van der Waals surface area (Å²) in [5.41, 5.74) is 2.39. The van der Waals surface area contributed by atoms with Gasteiger partial charge in [-0.1, -0.05) is 38.1 Å². The number of hydrogen-bond acceptors (Lipinski definition) is 3. The molecule has 6 nitrogen and oxygen atoms in total. The molecular formula is C23H28N4O2. The first-order valence-electron chi connectivity index (χ1n) is 10.1. The van der Waals surface area contributed by atoms with Crippen LogP contribution in [0.15, 0.2) is 53.3 Å². The number of carbonyl (C=O) groups excluding carboxylic acids is 1. The lowest BCUT2D eigenvalue weighted by Crippen LogP contribution is -2.41. The van der Waals surface area contributed by atoms with E-state index < -0.39 is 0 Å². The number of nitrogens with zero attached hydrogens (tertiary/aromatic N) is 3. The quantitative estimate of drug-likeness (QED) is 0.665. The number of aryl methyl sites for hydroxylation is 1. The summed E-state index contributed by atoms with van der Waals surface area (Å²) in [6.07, 6.45) is 1.46. The van der Waals surface area contributed by atoms with E-state index in [-0.39, 0.29) is 17.6 Å². The van der Waals surface area contributed by atoms with Crippen LogP contribution in [0.5, 0.6) is 0 Å². The number of anilines is 1. The van der Waals surface area contributed by atoms with Crippen molar-refractivity contribution in [3.63, 3.8) is 0 Å². The van der Waals surface area contributed by atoms with Gasteiger partial charge in [0.05, 0.1) is 16.9 Å². The van der Waals surface area contributed by atoms with Gasteiger partial charge < -0.3 is 10.2 Å². The number of rotatable bonds is 6. The molecule has 3 aromatic rings. The van der Waals surface area contributed by atoms with Crippen molar-refractivity contribution in [3.05, 3.63) is 70.3 Å². The van der Waals surface area contributed by atoms with Crippen LogP contribution >= 0.6 is 0 Å². The summed E-state index contributed by atoms with van der Waals surface area (Å²) in [6.45, 7) is 6.60. The second-order valence-corrected chi connectivity index (χ2v) is 7.27. The summed E-state index contributed by atoms with van der Waals surface area (Å²) < 4.78 is 1.57. The monoisotopic (exact) mass is 392 g/mol. The molecule has 3 rings (SSSR count). The standard InChI is InChI=1S/C23H28N4O2/c1-5-14-27(23(29)24-17-11-9-10-16(3)15-17)20(6-2)21-25-19-13-8-7-12-18(19)22(28)26(21)4/h7-13,15,20H,5-6,14H2,1-4H3,(H,24,29). The lowest BCUT2D eigenvalue weighted by Gasteiger charge is -2.31. The van der Waals surface area contributed by atoms with Gasteiger partial charge in [-0.2, -0.15) is 0 Å². The molecule has 0 bridgehead atoms. The van der Waals surface area contributed by atoms with Crippen molar-refractivity contribution >= 4 is 22.6 Å². The van der Waals surface area contributed by atoms with Crippen molar-refractivity contribution in [1.82, 2.24) is 14.5 Å². The third-order valence-corrected chi connectivity index (χ3v) is 5.07. The maximum atomic E-state index is 13.1. The molecule has 0 radical (unpaired) electrons. The van der Waals surface area contributed by atoms with Gasteiger partial charge in [0.15, 0.2) is 0 Å². The number of urea groups is 1. The lowest BCUT2D eigenvalue weighted by atomic mass is 10.1. The Balaban J connectivity index is 2.01. The first-order chi connectivity index (χ1) is 14.0. The van der Waals surface area contributed by atoms with Gasteiger partial charge in [-0.15, -0.1) is 0 Å². The molecule has 1 N–H and O–H groups in total. The van der Waals surface area contributed by atoms with Crippen LogP contribution in [0.4, 0.5) is 10.5 Å². The Morgan fingerprint density at radius 2 is 1.93 bits per heavy atom. The van der Waals surface area contributed by atoms with Gasteiger partial charge in [0.25, 0.3) is 5.56 Å². The van der Waals surface area contributed by atoms with Crippen molar-refractivity contribution in [1.29, 1.82) is 0 Å². The van der Waals surface area contributed by atoms with E-state index >= 15 is 0 Å². The highest BCUT2D eigenvalue weighted by Gasteiger charge is 2.27. The third kappa shape index (κ3) is 4.31. The van der Waals surface area contributed by atoms with Crippen molar-refractivity contribution in [3.8, 4) is 0 Å². The molecule has 1 atom stereocenters. The second-order valence-electron chi connectivity index (χ2n) is 7.27. The minimum Gasteiger partial charge on any atom is -0.314 e. The van der Waals surface area contributed by atoms with Gasteiger partial charge in [0, 0.05) is 19.3 Å². The van der Waals surface area contributed by atoms with Crippen LogP contribution in [0, 0.1) is 6.92 Å². The topological polar surface area (TPSA) is 67.2 Å². The van der Waals surface area contributed by atoms with Crippen LogP contribution in [0.2, 0.25) is 0 Å². The molecule has 6 heteroatoms. The Morgan fingerprint density at radius 3 is 2.62 bits per heavy atom. The first-order valence-corrected chi connectivity index (χ1v) is 10.1. The zero-order valence-electron chi connectivity index (χ0n) is 17.5. The Labute approximate surface area is 171 Å². The number of nitrogens with one attached hydrogen (secondary N) is 1. The highest BCUT2D eigenvalue weighted by atomic mass is 16.2. The fraction of sp³-hybridized carbons (Fsp3) is 0.348. The highest BCUT2D eigenvalue weighted by molar-refractivity contribution is 5.89. The molecule has 2 amide bonds. The predicted molar refractivity (Wildman–Crippen MR) is 117 cm³/mol. The van der Waals surface area contributed by atoms with Gasteiger partial charge in [-0.3, -0.25) is 9.36 Å². The summed E-state index contributed by atoms with van der Waals surface area (Å²) in [5, 5.41) is 3.58. The van der Waals surface area contributed by atoms with E-state index in [9.17, 15) is 9.59 Å². The van der Waals surface area contributed by atoms with Crippen molar-refractivity contribution in [2.24, 2.45) is 7.05 Å². The number of para-hydroxylation sites is 1. The van der Waals surface area contributed by atoms with Gasteiger partial charge >= 0.3 is 6.03 Å². The number of benzene rings is 2. The van der Waals surface area contributed by atoms with Crippen LogP contribution in [0.1, 0.15) is 44.1 Å². The van der Waals surface area contributed by atoms with Crippen LogP contribution in [-0.4, -0.2) is 27.0 Å². The molecular weight excluding hydrogens is 364 g/mol. The smallest absolute Gasteiger partial charge is 0.314 e. The van der Waals surface area contributed by atoms with E-state index in [1.54, 1.807) is 22.6 Å². The molecule has 0 aliphatic carbocycles. The van der Waals surface area contributed by atoms with E-state index in [1.165, 1.54) is 0 Å². The summed E-state index contributed by atoms with van der Waals surface area (Å²) in [4.78, 5) is 32.5. The number of carbonyl (C=O) groups is 1. The van der Waals surface area contributed by atoms with E-state index in [4.69, 9.17) is 4.98 Å². The van der Waals surface area contributed by atoms with Crippen LogP contribution in [0.3, 0.4) is 0 Å². The average Bonchev–Trinajstić information content (AvgIpc) is 2.71. The van der Waals surface area contributed by atoms with Crippen molar-refractivity contribution < 1.29 is 4.79 Å². The summed E-state index contributed by atoms with van der Waals surface area (Å²) in [6, 6.07) is 14.5. The summed E-state index contributed by atoms with van der Waals surface area (Å²) in [5.74, 6) is 0.601. The van der Waals surface area contributed by atoms with Gasteiger partial charge in [0.2, 0.25) is 0 Å². The molecule has 0 spiro atoms. The summed E-state index contributed by atoms with van der Waals surface area (Å²) in [7, 11) is 1.72. The maximum absolute atomic E-state index is 13.1. The van der Waals surface area contributed by atoms with E-state index in [0.717, 1.165) is 17.7 Å². The third-order valence-electron chi connectivity index (χ3n) is 5.07. The molecule has 0 aliphatic heterocycles. The molecule has 1 unspecified atom stereocenters. The van der Waals surface area contributed by atoms with E-state index in [1.807, 2.05) is 63.2 Å². The predicted octanol–water partition coefficient (Wildman–Crippen LogP) is 4.64. The van der Waals surface area contributed by atoms with Crippen molar-refractivity contribution in [2.75, 3.05) is 11.9 Å². The second kappa shape index (κ2) is 8.90. The molecule has 0 saturated carbocycles. The normalized spacial score (nSPS) is 12.0.